The zero-order chi connectivity index (χ0) is 12.2. The fourth-order valence-corrected chi connectivity index (χ4v) is 2.08. The van der Waals surface area contributed by atoms with Gasteiger partial charge >= 0.3 is 0 Å². The molecule has 0 unspecified atom stereocenters. The predicted molar refractivity (Wildman–Crippen MR) is 65.3 cm³/mol. The summed E-state index contributed by atoms with van der Waals surface area (Å²) < 4.78 is 5.46. The summed E-state index contributed by atoms with van der Waals surface area (Å²) in [5.74, 6) is 1.84. The van der Waals surface area contributed by atoms with Crippen molar-refractivity contribution >= 4 is 11.8 Å². The molecule has 4 heteroatoms. The summed E-state index contributed by atoms with van der Waals surface area (Å²) in [6.07, 6.45) is 1.92. The van der Waals surface area contributed by atoms with Crippen molar-refractivity contribution in [2.24, 2.45) is 5.41 Å². The molecule has 0 atom stereocenters. The van der Waals surface area contributed by atoms with Gasteiger partial charge in [-0.15, -0.1) is 0 Å². The highest BCUT2D eigenvalue weighted by atomic mass is 32.2. The number of thioether (sulfide) groups is 1. The summed E-state index contributed by atoms with van der Waals surface area (Å²) in [7, 11) is 0. The maximum atomic E-state index is 8.86. The van der Waals surface area contributed by atoms with Gasteiger partial charge in [0.25, 0.3) is 5.22 Å². The van der Waals surface area contributed by atoms with E-state index in [-0.39, 0.29) is 5.41 Å². The Morgan fingerprint density at radius 1 is 1.44 bits per heavy atom. The maximum Gasteiger partial charge on any atom is 0.256 e. The lowest BCUT2D eigenvalue weighted by Gasteiger charge is -2.13. The molecule has 0 aliphatic carbocycles. The summed E-state index contributed by atoms with van der Waals surface area (Å²) >= 11 is 1.62. The normalized spacial score (nSPS) is 11.4. The molecule has 0 aliphatic rings. The number of oxazole rings is 1. The Morgan fingerprint density at radius 2 is 2.12 bits per heavy atom. The molecule has 0 spiro atoms. The Kier molecular flexibility index (Phi) is 4.43. The van der Waals surface area contributed by atoms with Gasteiger partial charge in [0.1, 0.15) is 5.76 Å². The number of nitriles is 1. The largest absolute Gasteiger partial charge is 0.437 e. The van der Waals surface area contributed by atoms with Crippen LogP contribution in [0.3, 0.4) is 0 Å². The van der Waals surface area contributed by atoms with Crippen molar-refractivity contribution in [2.75, 3.05) is 5.75 Å². The SMILES string of the molecule is Cc1nc(SCCCC(C)(C)C#N)oc1C. The molecule has 1 heterocycles. The molecule has 1 aromatic rings. The number of hydrogen-bond acceptors (Lipinski definition) is 4. The molecule has 88 valence electrons. The minimum atomic E-state index is -0.219. The smallest absolute Gasteiger partial charge is 0.256 e. The molecule has 0 saturated carbocycles. The van der Waals surface area contributed by atoms with Gasteiger partial charge in [-0.2, -0.15) is 5.26 Å². The second-order valence-corrected chi connectivity index (χ2v) is 5.62. The topological polar surface area (TPSA) is 49.8 Å². The van der Waals surface area contributed by atoms with E-state index >= 15 is 0 Å². The summed E-state index contributed by atoms with van der Waals surface area (Å²) in [6.45, 7) is 7.81. The van der Waals surface area contributed by atoms with Crippen LogP contribution in [-0.2, 0) is 0 Å². The molecule has 0 saturated heterocycles. The van der Waals surface area contributed by atoms with E-state index in [1.54, 1.807) is 11.8 Å². The molecule has 0 fully saturated rings. The summed E-state index contributed by atoms with van der Waals surface area (Å²) in [4.78, 5) is 4.30. The summed E-state index contributed by atoms with van der Waals surface area (Å²) in [5.41, 5.74) is 0.739. The lowest BCUT2D eigenvalue weighted by molar-refractivity contribution is 0.428. The molecular weight excluding hydrogens is 220 g/mol. The standard InChI is InChI=1S/C12H18N2OS/c1-9-10(2)15-11(14-9)16-7-5-6-12(3,4)8-13/h5-7H2,1-4H3. The van der Waals surface area contributed by atoms with Crippen LogP contribution in [0, 0.1) is 30.6 Å². The molecule has 1 rings (SSSR count). The quantitative estimate of drug-likeness (QED) is 0.579. The second kappa shape index (κ2) is 5.40. The lowest BCUT2D eigenvalue weighted by Crippen LogP contribution is -2.07. The van der Waals surface area contributed by atoms with E-state index in [0.29, 0.717) is 0 Å². The average Bonchev–Trinajstić information content (AvgIpc) is 2.54. The first-order valence-corrected chi connectivity index (χ1v) is 6.41. The molecule has 0 aliphatic heterocycles. The van der Waals surface area contributed by atoms with Crippen LogP contribution in [0.5, 0.6) is 0 Å². The van der Waals surface area contributed by atoms with Crippen molar-refractivity contribution < 1.29 is 4.42 Å². The fourth-order valence-electron chi connectivity index (χ4n) is 1.23. The van der Waals surface area contributed by atoms with E-state index in [1.807, 2.05) is 27.7 Å². The van der Waals surface area contributed by atoms with E-state index < -0.39 is 0 Å². The van der Waals surface area contributed by atoms with Crippen molar-refractivity contribution in [1.29, 1.82) is 5.26 Å². The first-order chi connectivity index (χ1) is 7.44. The minimum absolute atomic E-state index is 0.219. The van der Waals surface area contributed by atoms with Crippen LogP contribution in [0.2, 0.25) is 0 Å². The molecule has 0 aromatic carbocycles. The van der Waals surface area contributed by atoms with Crippen molar-refractivity contribution in [3.8, 4) is 6.07 Å². The Hall–Kier alpha value is -0.950. The van der Waals surface area contributed by atoms with Crippen LogP contribution in [0.25, 0.3) is 0 Å². The highest BCUT2D eigenvalue weighted by Gasteiger charge is 2.16. The fraction of sp³-hybridized carbons (Fsp3) is 0.667. The Labute approximate surface area is 101 Å². The van der Waals surface area contributed by atoms with Gasteiger partial charge in [0.15, 0.2) is 0 Å². The monoisotopic (exact) mass is 238 g/mol. The highest BCUT2D eigenvalue weighted by molar-refractivity contribution is 7.99. The van der Waals surface area contributed by atoms with Gasteiger partial charge in [0.2, 0.25) is 0 Å². The molecule has 0 radical (unpaired) electrons. The van der Waals surface area contributed by atoms with Gasteiger partial charge in [-0.3, -0.25) is 0 Å². The minimum Gasteiger partial charge on any atom is -0.437 e. The zero-order valence-electron chi connectivity index (χ0n) is 10.3. The lowest BCUT2D eigenvalue weighted by atomic mass is 9.90. The van der Waals surface area contributed by atoms with Crippen molar-refractivity contribution in [1.82, 2.24) is 4.98 Å². The number of rotatable bonds is 5. The third-order valence-corrected chi connectivity index (χ3v) is 3.40. The summed E-state index contributed by atoms with van der Waals surface area (Å²) in [6, 6.07) is 2.30. The number of nitrogens with zero attached hydrogens (tertiary/aromatic N) is 2. The number of hydrogen-bond donors (Lipinski definition) is 0. The van der Waals surface area contributed by atoms with Crippen LogP contribution in [0.4, 0.5) is 0 Å². The second-order valence-electron chi connectivity index (χ2n) is 4.57. The first-order valence-electron chi connectivity index (χ1n) is 5.43. The predicted octanol–water partition coefficient (Wildman–Crippen LogP) is 3.71. The van der Waals surface area contributed by atoms with Crippen LogP contribution in [-0.4, -0.2) is 10.7 Å². The van der Waals surface area contributed by atoms with Crippen molar-refractivity contribution in [2.45, 2.75) is 45.8 Å². The molecule has 1 aromatic heterocycles. The van der Waals surface area contributed by atoms with E-state index in [4.69, 9.17) is 9.68 Å². The Morgan fingerprint density at radius 3 is 2.62 bits per heavy atom. The van der Waals surface area contributed by atoms with Crippen molar-refractivity contribution in [3.05, 3.63) is 11.5 Å². The van der Waals surface area contributed by atoms with Gasteiger partial charge in [-0.05, 0) is 40.5 Å². The molecule has 0 amide bonds. The number of aromatic nitrogens is 1. The van der Waals surface area contributed by atoms with Crippen molar-refractivity contribution in [3.63, 3.8) is 0 Å². The van der Waals surface area contributed by atoms with E-state index in [2.05, 4.69) is 11.1 Å². The van der Waals surface area contributed by atoms with E-state index in [9.17, 15) is 0 Å². The van der Waals surface area contributed by atoms with Gasteiger partial charge < -0.3 is 4.42 Å². The Balaban J connectivity index is 2.29. The van der Waals surface area contributed by atoms with Crippen LogP contribution in [0.1, 0.15) is 38.1 Å². The van der Waals surface area contributed by atoms with Gasteiger partial charge in [0.05, 0.1) is 17.2 Å². The number of aryl methyl sites for hydroxylation is 2. The molecule has 3 nitrogen and oxygen atoms in total. The highest BCUT2D eigenvalue weighted by Crippen LogP contribution is 2.25. The average molecular weight is 238 g/mol. The van der Waals surface area contributed by atoms with Crippen LogP contribution < -0.4 is 0 Å². The third-order valence-electron chi connectivity index (χ3n) is 2.48. The van der Waals surface area contributed by atoms with Crippen LogP contribution >= 0.6 is 11.8 Å². The maximum absolute atomic E-state index is 8.86. The summed E-state index contributed by atoms with van der Waals surface area (Å²) in [5, 5.41) is 9.60. The van der Waals surface area contributed by atoms with Gasteiger partial charge in [0, 0.05) is 5.75 Å². The zero-order valence-corrected chi connectivity index (χ0v) is 11.1. The molecule has 16 heavy (non-hydrogen) atoms. The van der Waals surface area contributed by atoms with Crippen LogP contribution in [0.15, 0.2) is 9.64 Å². The van der Waals surface area contributed by atoms with Gasteiger partial charge in [-0.1, -0.05) is 11.8 Å². The van der Waals surface area contributed by atoms with E-state index in [1.165, 1.54) is 0 Å². The first kappa shape index (κ1) is 13.1. The molecular formula is C12H18N2OS. The Bertz CT molecular complexity index is 371. The third kappa shape index (κ3) is 3.90. The molecule has 0 bridgehead atoms. The van der Waals surface area contributed by atoms with Gasteiger partial charge in [-0.25, -0.2) is 4.98 Å². The molecule has 0 N–H and O–H groups in total. The van der Waals surface area contributed by atoms with E-state index in [0.717, 1.165) is 35.3 Å².